The first-order valence-electron chi connectivity index (χ1n) is 7.47. The summed E-state index contributed by atoms with van der Waals surface area (Å²) < 4.78 is 2.25. The summed E-state index contributed by atoms with van der Waals surface area (Å²) >= 11 is 0. The number of hydrogen-bond donors (Lipinski definition) is 1. The van der Waals surface area contributed by atoms with Crippen molar-refractivity contribution in [3.8, 4) is 0 Å². The van der Waals surface area contributed by atoms with Crippen molar-refractivity contribution >= 4 is 10.9 Å². The summed E-state index contributed by atoms with van der Waals surface area (Å²) in [7, 11) is 2.02. The molecule has 108 valence electrons. The fourth-order valence-electron chi connectivity index (χ4n) is 2.86. The second kappa shape index (κ2) is 6.10. The first-order chi connectivity index (χ1) is 10.3. The van der Waals surface area contributed by atoms with Crippen molar-refractivity contribution in [3.63, 3.8) is 0 Å². The highest BCUT2D eigenvalue weighted by molar-refractivity contribution is 5.81. The van der Waals surface area contributed by atoms with Crippen molar-refractivity contribution in [1.29, 1.82) is 0 Å². The molecular weight excluding hydrogens is 258 g/mol. The van der Waals surface area contributed by atoms with Crippen molar-refractivity contribution < 1.29 is 0 Å². The molecule has 1 atom stereocenters. The number of para-hydroxylation sites is 1. The molecule has 0 fully saturated rings. The Labute approximate surface area is 125 Å². The van der Waals surface area contributed by atoms with E-state index in [-0.39, 0.29) is 0 Å². The molecule has 3 aromatic rings. The molecule has 2 heterocycles. The number of nitrogens with one attached hydrogen (secondary N) is 1. The molecule has 0 aliphatic rings. The van der Waals surface area contributed by atoms with E-state index >= 15 is 0 Å². The molecule has 0 bridgehead atoms. The van der Waals surface area contributed by atoms with Gasteiger partial charge in [0.1, 0.15) is 0 Å². The van der Waals surface area contributed by atoms with E-state index in [0.717, 1.165) is 18.5 Å². The molecule has 1 N–H and O–H groups in total. The van der Waals surface area contributed by atoms with E-state index in [4.69, 9.17) is 0 Å². The maximum Gasteiger partial charge on any atom is 0.0705 e. The normalized spacial score (nSPS) is 12.7. The maximum atomic E-state index is 4.42. The van der Waals surface area contributed by atoms with E-state index in [0.29, 0.717) is 6.04 Å². The van der Waals surface area contributed by atoms with Crippen LogP contribution >= 0.6 is 0 Å². The SMILES string of the molecule is CCC(NC)c1ccn(Cc2ccnc3ccccc23)c1. The Kier molecular flexibility index (Phi) is 4.02. The highest BCUT2D eigenvalue weighted by atomic mass is 15.0. The molecule has 0 saturated heterocycles. The zero-order chi connectivity index (χ0) is 14.7. The summed E-state index contributed by atoms with van der Waals surface area (Å²) in [5.41, 5.74) is 3.71. The predicted molar refractivity (Wildman–Crippen MR) is 87.4 cm³/mol. The van der Waals surface area contributed by atoms with Gasteiger partial charge in [-0.15, -0.1) is 0 Å². The average molecular weight is 279 g/mol. The third-order valence-electron chi connectivity index (χ3n) is 4.02. The van der Waals surface area contributed by atoms with Gasteiger partial charge in [0.25, 0.3) is 0 Å². The summed E-state index contributed by atoms with van der Waals surface area (Å²) in [6, 6.07) is 13.1. The number of hydrogen-bond acceptors (Lipinski definition) is 2. The first-order valence-corrected chi connectivity index (χ1v) is 7.47. The molecule has 0 aliphatic heterocycles. The van der Waals surface area contributed by atoms with Crippen molar-refractivity contribution in [2.24, 2.45) is 0 Å². The zero-order valence-corrected chi connectivity index (χ0v) is 12.6. The van der Waals surface area contributed by atoms with Crippen LogP contribution in [0.2, 0.25) is 0 Å². The molecule has 0 aliphatic carbocycles. The molecule has 21 heavy (non-hydrogen) atoms. The lowest BCUT2D eigenvalue weighted by atomic mass is 10.1. The van der Waals surface area contributed by atoms with Crippen molar-refractivity contribution in [1.82, 2.24) is 14.9 Å². The molecule has 3 rings (SSSR count). The first kappa shape index (κ1) is 13.8. The van der Waals surface area contributed by atoms with Crippen molar-refractivity contribution in [3.05, 3.63) is 66.1 Å². The minimum atomic E-state index is 0.431. The van der Waals surface area contributed by atoms with Gasteiger partial charge in [-0.2, -0.15) is 0 Å². The van der Waals surface area contributed by atoms with Gasteiger partial charge >= 0.3 is 0 Å². The molecule has 3 heteroatoms. The fraction of sp³-hybridized carbons (Fsp3) is 0.278. The van der Waals surface area contributed by atoms with Crippen LogP contribution in [0.3, 0.4) is 0 Å². The number of benzene rings is 1. The van der Waals surface area contributed by atoms with Crippen LogP contribution in [0.1, 0.15) is 30.5 Å². The van der Waals surface area contributed by atoms with Gasteiger partial charge in [0.2, 0.25) is 0 Å². The highest BCUT2D eigenvalue weighted by Crippen LogP contribution is 2.20. The molecule has 3 nitrogen and oxygen atoms in total. The van der Waals surface area contributed by atoms with Crippen molar-refractivity contribution in [2.75, 3.05) is 7.05 Å². The zero-order valence-electron chi connectivity index (χ0n) is 12.6. The van der Waals surface area contributed by atoms with E-state index < -0.39 is 0 Å². The summed E-state index contributed by atoms with van der Waals surface area (Å²) in [5, 5.41) is 4.58. The summed E-state index contributed by atoms with van der Waals surface area (Å²) in [4.78, 5) is 4.42. The minimum Gasteiger partial charge on any atom is -0.350 e. The van der Waals surface area contributed by atoms with Crippen LogP contribution in [-0.4, -0.2) is 16.6 Å². The number of fused-ring (bicyclic) bond motifs is 1. The van der Waals surface area contributed by atoms with Gasteiger partial charge in [0.15, 0.2) is 0 Å². The monoisotopic (exact) mass is 279 g/mol. The highest BCUT2D eigenvalue weighted by Gasteiger charge is 2.08. The second-order valence-corrected chi connectivity index (χ2v) is 5.35. The molecule has 2 aromatic heterocycles. The Morgan fingerprint density at radius 2 is 2.05 bits per heavy atom. The molecule has 0 radical (unpaired) electrons. The van der Waals surface area contributed by atoms with Crippen LogP contribution in [0.25, 0.3) is 10.9 Å². The molecule has 0 spiro atoms. The van der Waals surface area contributed by atoms with Crippen LogP contribution in [0, 0.1) is 0 Å². The van der Waals surface area contributed by atoms with Gasteiger partial charge in [-0.3, -0.25) is 4.98 Å². The van der Waals surface area contributed by atoms with Gasteiger partial charge in [0, 0.05) is 36.6 Å². The Balaban J connectivity index is 1.89. The van der Waals surface area contributed by atoms with Gasteiger partial charge in [-0.25, -0.2) is 0 Å². The molecular formula is C18H21N3. The maximum absolute atomic E-state index is 4.42. The van der Waals surface area contributed by atoms with Gasteiger partial charge in [-0.1, -0.05) is 25.1 Å². The average Bonchev–Trinajstić information content (AvgIpc) is 2.97. The minimum absolute atomic E-state index is 0.431. The number of rotatable bonds is 5. The summed E-state index contributed by atoms with van der Waals surface area (Å²) in [6.45, 7) is 3.08. The topological polar surface area (TPSA) is 29.9 Å². The van der Waals surface area contributed by atoms with Crippen LogP contribution < -0.4 is 5.32 Å². The van der Waals surface area contributed by atoms with E-state index in [2.05, 4.69) is 64.5 Å². The summed E-state index contributed by atoms with van der Waals surface area (Å²) in [5.74, 6) is 0. The quantitative estimate of drug-likeness (QED) is 0.770. The van der Waals surface area contributed by atoms with Crippen LogP contribution in [0.15, 0.2) is 55.0 Å². The Morgan fingerprint density at radius 1 is 1.19 bits per heavy atom. The number of pyridine rings is 1. The van der Waals surface area contributed by atoms with E-state index in [1.807, 2.05) is 19.3 Å². The smallest absolute Gasteiger partial charge is 0.0705 e. The Hall–Kier alpha value is -2.13. The molecule has 1 unspecified atom stereocenters. The predicted octanol–water partition coefficient (Wildman–Crippen LogP) is 3.76. The van der Waals surface area contributed by atoms with Crippen molar-refractivity contribution in [2.45, 2.75) is 25.9 Å². The standard InChI is InChI=1S/C18H21N3/c1-3-17(19-2)15-9-11-21(13-15)12-14-8-10-20-18-7-5-4-6-16(14)18/h4-11,13,17,19H,3,12H2,1-2H3. The van der Waals surface area contributed by atoms with Gasteiger partial charge in [0.05, 0.1) is 5.52 Å². The van der Waals surface area contributed by atoms with Gasteiger partial charge < -0.3 is 9.88 Å². The lowest BCUT2D eigenvalue weighted by Crippen LogP contribution is -2.14. The van der Waals surface area contributed by atoms with E-state index in [1.165, 1.54) is 16.5 Å². The van der Waals surface area contributed by atoms with E-state index in [9.17, 15) is 0 Å². The molecule has 1 aromatic carbocycles. The lowest BCUT2D eigenvalue weighted by Gasteiger charge is -2.11. The van der Waals surface area contributed by atoms with Crippen LogP contribution in [0.5, 0.6) is 0 Å². The van der Waals surface area contributed by atoms with Crippen LogP contribution in [0.4, 0.5) is 0 Å². The lowest BCUT2D eigenvalue weighted by molar-refractivity contribution is 0.575. The summed E-state index contributed by atoms with van der Waals surface area (Å²) in [6.07, 6.45) is 7.38. The van der Waals surface area contributed by atoms with Crippen LogP contribution in [-0.2, 0) is 6.54 Å². The fourth-order valence-corrected chi connectivity index (χ4v) is 2.86. The number of aromatic nitrogens is 2. The third-order valence-corrected chi connectivity index (χ3v) is 4.02. The Morgan fingerprint density at radius 3 is 2.86 bits per heavy atom. The largest absolute Gasteiger partial charge is 0.350 e. The molecule has 0 amide bonds. The van der Waals surface area contributed by atoms with E-state index in [1.54, 1.807) is 0 Å². The second-order valence-electron chi connectivity index (χ2n) is 5.35. The van der Waals surface area contributed by atoms with Gasteiger partial charge in [-0.05, 0) is 42.8 Å². The molecule has 0 saturated carbocycles. The Bertz CT molecular complexity index is 721. The number of nitrogens with zero attached hydrogens (tertiary/aromatic N) is 2. The third kappa shape index (κ3) is 2.83.